The number of fused-ring (bicyclic) bond motifs is 1. The average molecular weight is 347 g/mol. The van der Waals surface area contributed by atoms with Crippen molar-refractivity contribution in [2.75, 3.05) is 22.5 Å². The van der Waals surface area contributed by atoms with Crippen molar-refractivity contribution in [2.24, 2.45) is 0 Å². The van der Waals surface area contributed by atoms with Crippen LogP contribution in [0.2, 0.25) is 0 Å². The molecule has 26 heavy (non-hydrogen) atoms. The summed E-state index contributed by atoms with van der Waals surface area (Å²) in [5, 5.41) is 11.0. The third-order valence-electron chi connectivity index (χ3n) is 3.98. The molecule has 0 spiro atoms. The van der Waals surface area contributed by atoms with Gasteiger partial charge in [0.15, 0.2) is 0 Å². The molecule has 0 atom stereocenters. The van der Waals surface area contributed by atoms with Crippen LogP contribution in [-0.2, 0) is 9.59 Å². The van der Waals surface area contributed by atoms with Crippen LogP contribution in [0.3, 0.4) is 0 Å². The van der Waals surface area contributed by atoms with E-state index in [9.17, 15) is 9.59 Å². The van der Waals surface area contributed by atoms with Gasteiger partial charge < -0.3 is 16.0 Å². The zero-order valence-corrected chi connectivity index (χ0v) is 14.6. The molecule has 0 bridgehead atoms. The van der Waals surface area contributed by atoms with Gasteiger partial charge in [-0.05, 0) is 47.2 Å². The quantitative estimate of drug-likeness (QED) is 0.625. The van der Waals surface area contributed by atoms with Gasteiger partial charge in [-0.25, -0.2) is 0 Å². The summed E-state index contributed by atoms with van der Waals surface area (Å²) in [4.78, 5) is 23.5. The van der Waals surface area contributed by atoms with Crippen LogP contribution in [-0.4, -0.2) is 18.4 Å². The highest BCUT2D eigenvalue weighted by molar-refractivity contribution is 5.95. The second-order valence-electron chi connectivity index (χ2n) is 5.94. The molecule has 3 N–H and O–H groups in total. The number of nitrogens with one attached hydrogen (secondary N) is 3. The van der Waals surface area contributed by atoms with Gasteiger partial charge in [-0.2, -0.15) is 0 Å². The molecule has 3 rings (SSSR count). The second-order valence-corrected chi connectivity index (χ2v) is 5.94. The number of carbonyl (C=O) groups is 2. The van der Waals surface area contributed by atoms with Crippen molar-refractivity contribution >= 4 is 39.6 Å². The molecule has 0 saturated carbocycles. The number of anilines is 3. The fourth-order valence-corrected chi connectivity index (χ4v) is 2.57. The van der Waals surface area contributed by atoms with E-state index in [0.717, 1.165) is 16.5 Å². The third-order valence-corrected chi connectivity index (χ3v) is 3.98. The van der Waals surface area contributed by atoms with Gasteiger partial charge in [0, 0.05) is 23.5 Å². The van der Waals surface area contributed by atoms with Gasteiger partial charge in [-0.1, -0.05) is 37.3 Å². The predicted octanol–water partition coefficient (Wildman–Crippen LogP) is 4.24. The Morgan fingerprint density at radius 1 is 0.731 bits per heavy atom. The van der Waals surface area contributed by atoms with Gasteiger partial charge in [0.1, 0.15) is 0 Å². The maximum absolute atomic E-state index is 12.1. The van der Waals surface area contributed by atoms with Crippen LogP contribution in [0.4, 0.5) is 17.1 Å². The summed E-state index contributed by atoms with van der Waals surface area (Å²) in [7, 11) is 0. The molecule has 0 fully saturated rings. The molecule has 3 aromatic carbocycles. The molecule has 3 aromatic rings. The lowest BCUT2D eigenvalue weighted by Crippen LogP contribution is -2.21. The van der Waals surface area contributed by atoms with Crippen molar-refractivity contribution in [3.8, 4) is 0 Å². The molecule has 0 unspecified atom stereocenters. The van der Waals surface area contributed by atoms with Gasteiger partial charge in [0.2, 0.25) is 11.8 Å². The van der Waals surface area contributed by atoms with Crippen LogP contribution in [0, 0.1) is 0 Å². The van der Waals surface area contributed by atoms with Crippen molar-refractivity contribution < 1.29 is 9.59 Å². The van der Waals surface area contributed by atoms with E-state index in [-0.39, 0.29) is 18.4 Å². The molecule has 0 radical (unpaired) electrons. The van der Waals surface area contributed by atoms with Crippen LogP contribution in [0.5, 0.6) is 0 Å². The van der Waals surface area contributed by atoms with Crippen LogP contribution < -0.4 is 16.0 Å². The topological polar surface area (TPSA) is 70.2 Å². The van der Waals surface area contributed by atoms with Gasteiger partial charge in [-0.15, -0.1) is 0 Å². The van der Waals surface area contributed by atoms with Crippen LogP contribution >= 0.6 is 0 Å². The molecule has 5 nitrogen and oxygen atoms in total. The molecule has 132 valence electrons. The van der Waals surface area contributed by atoms with E-state index in [1.165, 1.54) is 0 Å². The number of hydrogen-bond acceptors (Lipinski definition) is 3. The first-order valence-corrected chi connectivity index (χ1v) is 8.56. The van der Waals surface area contributed by atoms with Gasteiger partial charge in [0.05, 0.1) is 6.54 Å². The Hall–Kier alpha value is -3.34. The van der Waals surface area contributed by atoms with Crippen molar-refractivity contribution in [2.45, 2.75) is 13.3 Å². The van der Waals surface area contributed by atoms with Crippen LogP contribution in [0.25, 0.3) is 10.8 Å². The van der Waals surface area contributed by atoms with Gasteiger partial charge >= 0.3 is 0 Å². The van der Waals surface area contributed by atoms with Gasteiger partial charge in [-0.3, -0.25) is 9.59 Å². The summed E-state index contributed by atoms with van der Waals surface area (Å²) in [5.74, 6) is -0.176. The molecule has 0 aliphatic heterocycles. The van der Waals surface area contributed by atoms with E-state index in [4.69, 9.17) is 0 Å². The highest BCUT2D eigenvalue weighted by Crippen LogP contribution is 2.19. The molecule has 0 aliphatic carbocycles. The lowest BCUT2D eigenvalue weighted by molar-refractivity contribution is -0.116. The maximum atomic E-state index is 12.1. The summed E-state index contributed by atoms with van der Waals surface area (Å²) in [6, 6.07) is 21.1. The Balaban J connectivity index is 1.54. The van der Waals surface area contributed by atoms with E-state index in [2.05, 4.69) is 22.0 Å². The summed E-state index contributed by atoms with van der Waals surface area (Å²) in [5.41, 5.74) is 2.30. The van der Waals surface area contributed by atoms with E-state index < -0.39 is 0 Å². The zero-order valence-electron chi connectivity index (χ0n) is 14.6. The molecule has 0 aliphatic rings. The third kappa shape index (κ3) is 4.60. The molecular formula is C21H21N3O2. The van der Waals surface area contributed by atoms with Crippen molar-refractivity contribution in [1.82, 2.24) is 0 Å². The first-order valence-electron chi connectivity index (χ1n) is 8.56. The van der Waals surface area contributed by atoms with Crippen molar-refractivity contribution in [3.63, 3.8) is 0 Å². The number of benzene rings is 3. The summed E-state index contributed by atoms with van der Waals surface area (Å²) in [6.07, 6.45) is 0.429. The van der Waals surface area contributed by atoms with Crippen molar-refractivity contribution in [3.05, 3.63) is 66.7 Å². The molecule has 0 heterocycles. The lowest BCUT2D eigenvalue weighted by atomic mass is 10.1. The number of carbonyl (C=O) groups excluding carboxylic acids is 2. The van der Waals surface area contributed by atoms with E-state index in [1.54, 1.807) is 31.2 Å². The normalized spacial score (nSPS) is 10.3. The summed E-state index contributed by atoms with van der Waals surface area (Å²) < 4.78 is 0. The fraction of sp³-hybridized carbons (Fsp3) is 0.143. The van der Waals surface area contributed by atoms with E-state index in [0.29, 0.717) is 17.8 Å². The average Bonchev–Trinajstić information content (AvgIpc) is 2.67. The second kappa shape index (κ2) is 8.16. The number of hydrogen-bond donors (Lipinski definition) is 3. The van der Waals surface area contributed by atoms with Crippen LogP contribution in [0.1, 0.15) is 13.3 Å². The zero-order chi connectivity index (χ0) is 18.4. The highest BCUT2D eigenvalue weighted by atomic mass is 16.2. The minimum Gasteiger partial charge on any atom is -0.376 e. The van der Waals surface area contributed by atoms with Crippen LogP contribution in [0.15, 0.2) is 66.7 Å². The Labute approximate surface area is 152 Å². The van der Waals surface area contributed by atoms with E-state index in [1.807, 2.05) is 36.4 Å². The lowest BCUT2D eigenvalue weighted by Gasteiger charge is -2.10. The van der Waals surface area contributed by atoms with Gasteiger partial charge in [0.25, 0.3) is 0 Å². The first kappa shape index (κ1) is 17.5. The van der Waals surface area contributed by atoms with Crippen molar-refractivity contribution in [1.29, 1.82) is 0 Å². The Bertz CT molecular complexity index is 920. The molecule has 0 aromatic heterocycles. The predicted molar refractivity (Wildman–Crippen MR) is 106 cm³/mol. The SMILES string of the molecule is CCC(=O)Nc1ccc(NC(=O)CNc2ccc3ccccc3c2)cc1. The van der Waals surface area contributed by atoms with E-state index >= 15 is 0 Å². The summed E-state index contributed by atoms with van der Waals surface area (Å²) >= 11 is 0. The number of rotatable bonds is 6. The maximum Gasteiger partial charge on any atom is 0.243 e. The highest BCUT2D eigenvalue weighted by Gasteiger charge is 2.04. The minimum absolute atomic E-state index is 0.0404. The minimum atomic E-state index is -0.136. The monoisotopic (exact) mass is 347 g/mol. The Morgan fingerprint density at radius 2 is 1.31 bits per heavy atom. The largest absolute Gasteiger partial charge is 0.376 e. The fourth-order valence-electron chi connectivity index (χ4n) is 2.57. The molecule has 0 saturated heterocycles. The molecular weight excluding hydrogens is 326 g/mol. The summed E-state index contributed by atoms with van der Waals surface area (Å²) in [6.45, 7) is 1.97. The molecule has 2 amide bonds. The number of amides is 2. The first-order chi connectivity index (χ1) is 12.6. The Kier molecular flexibility index (Phi) is 5.49. The Morgan fingerprint density at radius 3 is 1.96 bits per heavy atom. The molecule has 5 heteroatoms. The smallest absolute Gasteiger partial charge is 0.243 e. The standard InChI is InChI=1S/C21H21N3O2/c1-2-20(25)23-17-9-11-18(12-10-17)24-21(26)14-22-19-8-7-15-5-3-4-6-16(15)13-19/h3-13,22H,2,14H2,1H3,(H,23,25)(H,24,26).